The van der Waals surface area contributed by atoms with Crippen LogP contribution in [0.15, 0.2) is 59.7 Å². The molecule has 0 spiro atoms. The summed E-state index contributed by atoms with van der Waals surface area (Å²) in [6.07, 6.45) is 1.45. The highest BCUT2D eigenvalue weighted by Crippen LogP contribution is 2.38. The molecule has 0 aliphatic carbocycles. The summed E-state index contributed by atoms with van der Waals surface area (Å²) in [6.45, 7) is 4.65. The van der Waals surface area contributed by atoms with Crippen molar-refractivity contribution in [3.63, 3.8) is 0 Å². The highest BCUT2D eigenvalue weighted by atomic mass is 35.5. The second-order valence-electron chi connectivity index (χ2n) is 7.80. The minimum Gasteiger partial charge on any atom is -0.508 e. The molecule has 34 heavy (non-hydrogen) atoms. The first-order chi connectivity index (χ1) is 16.3. The van der Waals surface area contributed by atoms with Crippen molar-refractivity contribution >= 4 is 23.7 Å². The van der Waals surface area contributed by atoms with Gasteiger partial charge in [-0.05, 0) is 47.4 Å². The van der Waals surface area contributed by atoms with Gasteiger partial charge < -0.3 is 19.3 Å². The number of methoxy groups -OCH3 is 2. The Hall–Kier alpha value is -3.71. The van der Waals surface area contributed by atoms with Gasteiger partial charge in [-0.1, -0.05) is 49.7 Å². The molecule has 0 aliphatic rings. The van der Waals surface area contributed by atoms with Crippen molar-refractivity contribution < 1.29 is 24.1 Å². The molecule has 0 aromatic heterocycles. The molecule has 7 nitrogen and oxygen atoms in total. The van der Waals surface area contributed by atoms with Crippen LogP contribution >= 0.6 is 11.6 Å². The molecule has 0 radical (unpaired) electrons. The van der Waals surface area contributed by atoms with Crippen LogP contribution in [0.5, 0.6) is 23.0 Å². The van der Waals surface area contributed by atoms with E-state index >= 15 is 0 Å². The zero-order valence-electron chi connectivity index (χ0n) is 19.5. The number of hydrazone groups is 1. The largest absolute Gasteiger partial charge is 0.508 e. The van der Waals surface area contributed by atoms with Crippen molar-refractivity contribution in [1.82, 2.24) is 5.43 Å². The van der Waals surface area contributed by atoms with Gasteiger partial charge in [0.2, 0.25) is 5.75 Å². The van der Waals surface area contributed by atoms with Crippen LogP contribution < -0.4 is 19.6 Å². The first-order valence-electron chi connectivity index (χ1n) is 10.6. The highest BCUT2D eigenvalue weighted by molar-refractivity contribution is 6.34. The standard InChI is InChI=1S/C26H27ClN2O5/c1-16(2)19-7-5-17(6-8-19)15-34-25-23(32-3)11-18(12-24(25)33-4)14-28-29-26(31)21-10-9-20(30)13-22(21)27/h5-14,16,30H,15H2,1-4H3,(H,29,31). The number of nitrogens with zero attached hydrogens (tertiary/aromatic N) is 1. The van der Waals surface area contributed by atoms with E-state index in [4.69, 9.17) is 25.8 Å². The zero-order chi connectivity index (χ0) is 24.7. The number of hydrogen-bond donors (Lipinski definition) is 2. The Labute approximate surface area is 203 Å². The number of carbonyl (C=O) groups is 1. The maximum Gasteiger partial charge on any atom is 0.272 e. The monoisotopic (exact) mass is 482 g/mol. The summed E-state index contributed by atoms with van der Waals surface area (Å²) in [5.41, 5.74) is 5.51. The van der Waals surface area contributed by atoms with E-state index in [2.05, 4.69) is 36.5 Å². The molecular weight excluding hydrogens is 456 g/mol. The van der Waals surface area contributed by atoms with Crippen LogP contribution in [0.3, 0.4) is 0 Å². The van der Waals surface area contributed by atoms with E-state index in [0.29, 0.717) is 35.3 Å². The fourth-order valence-corrected chi connectivity index (χ4v) is 3.45. The number of aromatic hydroxyl groups is 1. The van der Waals surface area contributed by atoms with Gasteiger partial charge in [-0.25, -0.2) is 5.43 Å². The van der Waals surface area contributed by atoms with Gasteiger partial charge in [-0.15, -0.1) is 0 Å². The second-order valence-corrected chi connectivity index (χ2v) is 8.21. The number of hydrogen-bond acceptors (Lipinski definition) is 6. The Morgan fingerprint density at radius 1 is 1.06 bits per heavy atom. The third-order valence-corrected chi connectivity index (χ3v) is 5.40. The number of rotatable bonds is 9. The lowest BCUT2D eigenvalue weighted by Gasteiger charge is -2.15. The van der Waals surface area contributed by atoms with Gasteiger partial charge in [-0.2, -0.15) is 5.10 Å². The predicted molar refractivity (Wildman–Crippen MR) is 133 cm³/mol. The number of amides is 1. The Morgan fingerprint density at radius 2 is 1.71 bits per heavy atom. The second kappa shape index (κ2) is 11.4. The molecule has 8 heteroatoms. The first kappa shape index (κ1) is 24.9. The molecule has 0 saturated carbocycles. The van der Waals surface area contributed by atoms with Crippen molar-refractivity contribution in [3.8, 4) is 23.0 Å². The van der Waals surface area contributed by atoms with Gasteiger partial charge in [0.15, 0.2) is 11.5 Å². The fourth-order valence-electron chi connectivity index (χ4n) is 3.19. The van der Waals surface area contributed by atoms with E-state index in [1.165, 1.54) is 44.2 Å². The van der Waals surface area contributed by atoms with Crippen LogP contribution in [0.4, 0.5) is 0 Å². The van der Waals surface area contributed by atoms with Gasteiger partial charge in [0.05, 0.1) is 31.0 Å². The van der Waals surface area contributed by atoms with E-state index < -0.39 is 5.91 Å². The molecule has 178 valence electrons. The number of halogens is 1. The highest BCUT2D eigenvalue weighted by Gasteiger charge is 2.15. The Morgan fingerprint density at radius 3 is 2.26 bits per heavy atom. The Balaban J connectivity index is 1.73. The molecule has 0 saturated heterocycles. The molecule has 1 amide bonds. The van der Waals surface area contributed by atoms with Gasteiger partial charge in [-0.3, -0.25) is 4.79 Å². The van der Waals surface area contributed by atoms with Gasteiger partial charge >= 0.3 is 0 Å². The third kappa shape index (κ3) is 6.20. The average molecular weight is 483 g/mol. The summed E-state index contributed by atoms with van der Waals surface area (Å²) in [5.74, 6) is 1.32. The summed E-state index contributed by atoms with van der Waals surface area (Å²) in [6, 6.07) is 15.8. The molecular formula is C26H27ClN2O5. The van der Waals surface area contributed by atoms with Gasteiger partial charge in [0, 0.05) is 5.56 Å². The van der Waals surface area contributed by atoms with E-state index in [1.807, 2.05) is 12.1 Å². The van der Waals surface area contributed by atoms with Crippen LogP contribution in [0.2, 0.25) is 5.02 Å². The molecule has 3 rings (SSSR count). The fraction of sp³-hybridized carbons (Fsp3) is 0.231. The number of phenols is 1. The predicted octanol–water partition coefficient (Wildman–Crippen LogP) is 5.53. The number of carbonyl (C=O) groups excluding carboxylic acids is 1. The zero-order valence-corrected chi connectivity index (χ0v) is 20.2. The van der Waals surface area contributed by atoms with Crippen molar-refractivity contribution in [2.24, 2.45) is 5.10 Å². The van der Waals surface area contributed by atoms with Crippen LogP contribution in [0.25, 0.3) is 0 Å². The number of benzene rings is 3. The van der Waals surface area contributed by atoms with Crippen molar-refractivity contribution in [2.45, 2.75) is 26.4 Å². The number of phenolic OH excluding ortho intramolecular Hbond substituents is 1. The van der Waals surface area contributed by atoms with Crippen LogP contribution in [-0.2, 0) is 6.61 Å². The summed E-state index contributed by atoms with van der Waals surface area (Å²) in [7, 11) is 3.07. The van der Waals surface area contributed by atoms with E-state index in [9.17, 15) is 9.90 Å². The lowest BCUT2D eigenvalue weighted by atomic mass is 10.0. The molecule has 3 aromatic rings. The molecule has 2 N–H and O–H groups in total. The Bertz CT molecular complexity index is 1150. The van der Waals surface area contributed by atoms with Gasteiger partial charge in [0.1, 0.15) is 12.4 Å². The molecule has 0 bridgehead atoms. The molecule has 0 aliphatic heterocycles. The number of nitrogens with one attached hydrogen (secondary N) is 1. The topological polar surface area (TPSA) is 89.4 Å². The molecule has 0 unspecified atom stereocenters. The van der Waals surface area contributed by atoms with E-state index in [0.717, 1.165) is 5.56 Å². The lowest BCUT2D eigenvalue weighted by molar-refractivity contribution is 0.0955. The van der Waals surface area contributed by atoms with Crippen LogP contribution in [0.1, 0.15) is 46.8 Å². The maximum atomic E-state index is 12.3. The third-order valence-electron chi connectivity index (χ3n) is 5.09. The first-order valence-corrected chi connectivity index (χ1v) is 11.0. The lowest BCUT2D eigenvalue weighted by Crippen LogP contribution is -2.18. The van der Waals surface area contributed by atoms with Gasteiger partial charge in [0.25, 0.3) is 5.91 Å². The molecule has 0 atom stereocenters. The summed E-state index contributed by atoms with van der Waals surface area (Å²) in [4.78, 5) is 12.3. The van der Waals surface area contributed by atoms with Crippen molar-refractivity contribution in [2.75, 3.05) is 14.2 Å². The van der Waals surface area contributed by atoms with E-state index in [1.54, 1.807) is 12.1 Å². The summed E-state index contributed by atoms with van der Waals surface area (Å²) >= 11 is 5.99. The normalized spacial score (nSPS) is 11.0. The average Bonchev–Trinajstić information content (AvgIpc) is 2.82. The van der Waals surface area contributed by atoms with Crippen molar-refractivity contribution in [1.29, 1.82) is 0 Å². The molecule has 3 aromatic carbocycles. The maximum absolute atomic E-state index is 12.3. The SMILES string of the molecule is COc1cc(C=NNC(=O)c2ccc(O)cc2Cl)cc(OC)c1OCc1ccc(C(C)C)cc1. The Kier molecular flexibility index (Phi) is 8.38. The summed E-state index contributed by atoms with van der Waals surface area (Å²) < 4.78 is 17.0. The minimum atomic E-state index is -0.511. The quantitative estimate of drug-likeness (QED) is 0.309. The minimum absolute atomic E-state index is 0.0286. The van der Waals surface area contributed by atoms with Crippen molar-refractivity contribution in [3.05, 3.63) is 81.9 Å². The number of ether oxygens (including phenoxy) is 3. The molecule has 0 heterocycles. The van der Waals surface area contributed by atoms with Crippen LogP contribution in [-0.4, -0.2) is 31.4 Å². The van der Waals surface area contributed by atoms with Crippen LogP contribution in [0, 0.1) is 0 Å². The smallest absolute Gasteiger partial charge is 0.272 e. The summed E-state index contributed by atoms with van der Waals surface area (Å²) in [5, 5.41) is 13.5. The molecule has 0 fully saturated rings. The van der Waals surface area contributed by atoms with E-state index in [-0.39, 0.29) is 16.3 Å².